The Bertz CT molecular complexity index is 723. The lowest BCUT2D eigenvalue weighted by molar-refractivity contribution is -0.158. The van der Waals surface area contributed by atoms with E-state index in [-0.39, 0.29) is 6.42 Å². The summed E-state index contributed by atoms with van der Waals surface area (Å²) in [5.41, 5.74) is 0. The molecular weight excluding hydrogens is 324 g/mol. The normalized spacial score (nSPS) is 11.1. The van der Waals surface area contributed by atoms with Crippen molar-refractivity contribution >= 4 is 34.5 Å². The molecule has 0 amide bonds. The number of fused-ring (bicyclic) bond motifs is 1. The fourth-order valence-electron chi connectivity index (χ4n) is 2.28. The lowest BCUT2D eigenvalue weighted by Gasteiger charge is -2.09. The van der Waals surface area contributed by atoms with Gasteiger partial charge < -0.3 is 9.47 Å². The number of hydrogen-bond acceptors (Lipinski definition) is 5. The molecule has 2 rings (SSSR count). The third-order valence-electron chi connectivity index (χ3n) is 3.58. The summed E-state index contributed by atoms with van der Waals surface area (Å²) >= 11 is 1.70. The van der Waals surface area contributed by atoms with Gasteiger partial charge in [-0.1, -0.05) is 42.5 Å². The van der Waals surface area contributed by atoms with Gasteiger partial charge in [0.2, 0.25) is 0 Å². The van der Waals surface area contributed by atoms with E-state index in [0.717, 1.165) is 5.75 Å². The molecule has 0 radical (unpaired) electrons. The molecule has 0 saturated carbocycles. The van der Waals surface area contributed by atoms with Gasteiger partial charge in [-0.3, -0.25) is 9.59 Å². The summed E-state index contributed by atoms with van der Waals surface area (Å²) in [6.07, 6.45) is 4.03. The van der Waals surface area contributed by atoms with Gasteiger partial charge in [0.1, 0.15) is 0 Å². The van der Waals surface area contributed by atoms with Gasteiger partial charge in [0.05, 0.1) is 14.2 Å². The highest BCUT2D eigenvalue weighted by molar-refractivity contribution is 7.99. The van der Waals surface area contributed by atoms with Crippen LogP contribution < -0.4 is 0 Å². The van der Waals surface area contributed by atoms with E-state index in [1.165, 1.54) is 29.9 Å². The number of ether oxygens (including phenoxy) is 2. The van der Waals surface area contributed by atoms with E-state index in [0.29, 0.717) is 0 Å². The Morgan fingerprint density at radius 1 is 1.00 bits per heavy atom. The monoisotopic (exact) mass is 344 g/mol. The van der Waals surface area contributed by atoms with Crippen molar-refractivity contribution in [3.05, 3.63) is 54.6 Å². The highest BCUT2D eigenvalue weighted by atomic mass is 32.2. The molecule has 0 atom stereocenters. The van der Waals surface area contributed by atoms with Crippen molar-refractivity contribution in [2.45, 2.75) is 11.3 Å². The zero-order chi connectivity index (χ0) is 17.4. The Morgan fingerprint density at radius 3 is 2.33 bits per heavy atom. The number of carbonyl (C=O) groups is 2. The van der Waals surface area contributed by atoms with E-state index < -0.39 is 17.9 Å². The number of benzene rings is 2. The lowest BCUT2D eigenvalue weighted by Crippen LogP contribution is -2.25. The number of esters is 2. The number of thioether (sulfide) groups is 1. The molecule has 0 aliphatic rings. The Labute approximate surface area is 145 Å². The molecule has 4 nitrogen and oxygen atoms in total. The topological polar surface area (TPSA) is 52.6 Å². The van der Waals surface area contributed by atoms with Gasteiger partial charge in [-0.15, -0.1) is 11.8 Å². The lowest BCUT2D eigenvalue weighted by atomic mass is 10.1. The Hall–Kier alpha value is -2.27. The minimum Gasteiger partial charge on any atom is -0.468 e. The minimum absolute atomic E-state index is 0.275. The van der Waals surface area contributed by atoms with Crippen LogP contribution in [0.5, 0.6) is 0 Å². The average Bonchev–Trinajstić information content (AvgIpc) is 2.63. The van der Waals surface area contributed by atoms with Crippen molar-refractivity contribution < 1.29 is 19.1 Å². The number of rotatable bonds is 7. The van der Waals surface area contributed by atoms with Gasteiger partial charge in [-0.25, -0.2) is 0 Å². The second-order valence-electron chi connectivity index (χ2n) is 5.13. The predicted octanol–water partition coefficient (Wildman–Crippen LogP) is 3.84. The molecule has 24 heavy (non-hydrogen) atoms. The SMILES string of the molecule is COC(=O)C(C/C=C/CSc1ccc2ccccc2c1)C(=O)OC. The van der Waals surface area contributed by atoms with Gasteiger partial charge >= 0.3 is 11.9 Å². The second-order valence-corrected chi connectivity index (χ2v) is 6.22. The van der Waals surface area contributed by atoms with Crippen molar-refractivity contribution in [2.75, 3.05) is 20.0 Å². The van der Waals surface area contributed by atoms with Crippen LogP contribution in [0.2, 0.25) is 0 Å². The molecule has 0 N–H and O–H groups in total. The highest BCUT2D eigenvalue weighted by Gasteiger charge is 2.26. The number of allylic oxidation sites excluding steroid dienone is 1. The van der Waals surface area contributed by atoms with E-state index in [4.69, 9.17) is 0 Å². The summed E-state index contributed by atoms with van der Waals surface area (Å²) < 4.78 is 9.25. The van der Waals surface area contributed by atoms with E-state index in [1.807, 2.05) is 24.3 Å². The molecule has 2 aromatic rings. The van der Waals surface area contributed by atoms with E-state index >= 15 is 0 Å². The first-order valence-corrected chi connectivity index (χ1v) is 8.56. The summed E-state index contributed by atoms with van der Waals surface area (Å²) in [4.78, 5) is 24.3. The quantitative estimate of drug-likeness (QED) is 0.331. The first-order valence-electron chi connectivity index (χ1n) is 7.58. The largest absolute Gasteiger partial charge is 0.468 e. The van der Waals surface area contributed by atoms with Crippen molar-refractivity contribution in [1.29, 1.82) is 0 Å². The maximum atomic E-state index is 11.6. The number of carbonyl (C=O) groups excluding carboxylic acids is 2. The number of hydrogen-bond donors (Lipinski definition) is 0. The molecule has 0 aromatic heterocycles. The average molecular weight is 344 g/mol. The summed E-state index contributed by atoms with van der Waals surface area (Å²) in [6.45, 7) is 0. The Kier molecular flexibility index (Phi) is 6.88. The first-order chi connectivity index (χ1) is 11.7. The van der Waals surface area contributed by atoms with Crippen molar-refractivity contribution in [3.8, 4) is 0 Å². The molecular formula is C19H20O4S. The fourth-order valence-corrected chi connectivity index (χ4v) is 3.07. The van der Waals surface area contributed by atoms with Crippen molar-refractivity contribution in [1.82, 2.24) is 0 Å². The van der Waals surface area contributed by atoms with Crippen LogP contribution in [0, 0.1) is 5.92 Å². The van der Waals surface area contributed by atoms with Crippen molar-refractivity contribution in [2.24, 2.45) is 5.92 Å². The molecule has 126 valence electrons. The maximum Gasteiger partial charge on any atom is 0.320 e. The van der Waals surface area contributed by atoms with Gasteiger partial charge in [-0.2, -0.15) is 0 Å². The fraction of sp³-hybridized carbons (Fsp3) is 0.263. The second kappa shape index (κ2) is 9.13. The highest BCUT2D eigenvalue weighted by Crippen LogP contribution is 2.23. The maximum absolute atomic E-state index is 11.6. The standard InChI is InChI=1S/C19H20O4S/c1-22-18(20)17(19(21)23-2)9-5-6-12-24-16-11-10-14-7-3-4-8-15(14)13-16/h3-8,10-11,13,17H,9,12H2,1-2H3/b6-5+. The molecule has 0 spiro atoms. The third-order valence-corrected chi connectivity index (χ3v) is 4.52. The summed E-state index contributed by atoms with van der Waals surface area (Å²) in [5, 5.41) is 2.43. The molecule has 0 bridgehead atoms. The molecule has 0 aliphatic carbocycles. The van der Waals surface area contributed by atoms with Crippen LogP contribution >= 0.6 is 11.8 Å². The van der Waals surface area contributed by atoms with Crippen LogP contribution in [0.15, 0.2) is 59.5 Å². The third kappa shape index (κ3) is 4.86. The van der Waals surface area contributed by atoms with Crippen LogP contribution in [0.1, 0.15) is 6.42 Å². The molecule has 0 fully saturated rings. The Balaban J connectivity index is 1.88. The van der Waals surface area contributed by atoms with Crippen LogP contribution in [-0.2, 0) is 19.1 Å². The molecule has 0 unspecified atom stereocenters. The van der Waals surface area contributed by atoms with Gasteiger partial charge in [0.15, 0.2) is 5.92 Å². The van der Waals surface area contributed by atoms with Crippen LogP contribution in [0.3, 0.4) is 0 Å². The molecule has 5 heteroatoms. The van der Waals surface area contributed by atoms with E-state index in [2.05, 4.69) is 39.8 Å². The zero-order valence-electron chi connectivity index (χ0n) is 13.7. The number of methoxy groups -OCH3 is 2. The zero-order valence-corrected chi connectivity index (χ0v) is 14.5. The Morgan fingerprint density at radius 2 is 1.67 bits per heavy atom. The van der Waals surface area contributed by atoms with Gasteiger partial charge in [-0.05, 0) is 29.3 Å². The minimum atomic E-state index is -0.901. The van der Waals surface area contributed by atoms with Crippen LogP contribution in [-0.4, -0.2) is 31.9 Å². The summed E-state index contributed by atoms with van der Waals surface area (Å²) in [5.74, 6) is -1.29. The predicted molar refractivity (Wildman–Crippen MR) is 96.0 cm³/mol. The van der Waals surface area contributed by atoms with Crippen molar-refractivity contribution in [3.63, 3.8) is 0 Å². The molecule has 2 aromatic carbocycles. The summed E-state index contributed by atoms with van der Waals surface area (Å²) in [6, 6.07) is 14.6. The summed E-state index contributed by atoms with van der Waals surface area (Å²) in [7, 11) is 2.52. The molecule has 0 heterocycles. The first kappa shape index (κ1) is 18.1. The molecule has 0 aliphatic heterocycles. The molecule has 0 saturated heterocycles. The van der Waals surface area contributed by atoms with Crippen LogP contribution in [0.25, 0.3) is 10.8 Å². The van der Waals surface area contributed by atoms with Gasteiger partial charge in [0, 0.05) is 10.6 Å². The smallest absolute Gasteiger partial charge is 0.320 e. The van der Waals surface area contributed by atoms with Crippen LogP contribution in [0.4, 0.5) is 0 Å². The van der Waals surface area contributed by atoms with E-state index in [1.54, 1.807) is 11.8 Å². The van der Waals surface area contributed by atoms with E-state index in [9.17, 15) is 9.59 Å². The van der Waals surface area contributed by atoms with Gasteiger partial charge in [0.25, 0.3) is 0 Å².